The SMILES string of the molecule is O=C(O)CN1C2=C(C(=O)CCC2)C(c2cc(Br)cc(Br)c2OCc2ccc(Cl)cc2)C2=C1CCCC2=O. The van der Waals surface area contributed by atoms with E-state index in [0.29, 0.717) is 70.5 Å². The van der Waals surface area contributed by atoms with Crippen molar-refractivity contribution < 1.29 is 24.2 Å². The van der Waals surface area contributed by atoms with Gasteiger partial charge in [0, 0.05) is 56.4 Å². The highest BCUT2D eigenvalue weighted by Crippen LogP contribution is 2.52. The first-order valence-electron chi connectivity index (χ1n) is 12.1. The number of ketones is 2. The van der Waals surface area contributed by atoms with E-state index in [4.69, 9.17) is 16.3 Å². The first kappa shape index (κ1) is 26.2. The van der Waals surface area contributed by atoms with E-state index in [-0.39, 0.29) is 24.7 Å². The van der Waals surface area contributed by atoms with E-state index in [2.05, 4.69) is 31.9 Å². The Hall–Kier alpha value is -2.42. The van der Waals surface area contributed by atoms with Crippen LogP contribution in [0.15, 0.2) is 67.9 Å². The predicted molar refractivity (Wildman–Crippen MR) is 146 cm³/mol. The number of carbonyl (C=O) groups excluding carboxylic acids is 2. The van der Waals surface area contributed by atoms with Gasteiger partial charge in [-0.25, -0.2) is 0 Å². The summed E-state index contributed by atoms with van der Waals surface area (Å²) in [6, 6.07) is 11.1. The molecule has 0 saturated heterocycles. The zero-order valence-corrected chi connectivity index (χ0v) is 23.8. The molecule has 0 saturated carbocycles. The lowest BCUT2D eigenvalue weighted by molar-refractivity contribution is -0.138. The molecule has 2 aromatic carbocycles. The standard InChI is InChI=1S/C28H24Br2ClNO5/c29-16-11-18(28(19(30)12-16)37-14-15-7-9-17(31)10-8-15)25-26-20(3-1-5-22(26)33)32(13-24(35)36)21-4-2-6-23(34)27(21)25/h7-12,25H,1-6,13-14H2,(H,35,36). The first-order chi connectivity index (χ1) is 17.7. The molecule has 5 rings (SSSR count). The van der Waals surface area contributed by atoms with E-state index in [0.717, 1.165) is 21.4 Å². The highest BCUT2D eigenvalue weighted by molar-refractivity contribution is 9.11. The Kier molecular flexibility index (Phi) is 7.61. The number of rotatable bonds is 6. The molecule has 9 heteroatoms. The minimum Gasteiger partial charge on any atom is -0.487 e. The van der Waals surface area contributed by atoms with Gasteiger partial charge in [-0.3, -0.25) is 14.4 Å². The molecule has 3 aliphatic rings. The molecular formula is C28H24Br2ClNO5. The zero-order chi connectivity index (χ0) is 26.3. The summed E-state index contributed by atoms with van der Waals surface area (Å²) in [4.78, 5) is 40.5. The molecule has 0 unspecified atom stereocenters. The van der Waals surface area contributed by atoms with Gasteiger partial charge in [0.15, 0.2) is 11.6 Å². The Morgan fingerprint density at radius 3 is 2.14 bits per heavy atom. The van der Waals surface area contributed by atoms with Crippen molar-refractivity contribution in [2.24, 2.45) is 0 Å². The van der Waals surface area contributed by atoms with Gasteiger partial charge >= 0.3 is 5.97 Å². The number of halogens is 3. The van der Waals surface area contributed by atoms with E-state index < -0.39 is 11.9 Å². The van der Waals surface area contributed by atoms with E-state index in [1.807, 2.05) is 24.3 Å². The maximum absolute atomic E-state index is 13.5. The van der Waals surface area contributed by atoms with Crippen LogP contribution in [0, 0.1) is 0 Å². The van der Waals surface area contributed by atoms with Gasteiger partial charge < -0.3 is 14.7 Å². The Bertz CT molecular complexity index is 1320. The van der Waals surface area contributed by atoms with Crippen molar-refractivity contribution in [3.05, 3.63) is 84.0 Å². The molecular weight excluding hydrogens is 626 g/mol. The quantitative estimate of drug-likeness (QED) is 0.365. The molecule has 0 atom stereocenters. The highest BCUT2D eigenvalue weighted by Gasteiger charge is 2.44. The molecule has 2 aromatic rings. The second-order valence-corrected chi connectivity index (χ2v) is 11.6. The molecule has 0 radical (unpaired) electrons. The predicted octanol–water partition coefficient (Wildman–Crippen LogP) is 6.94. The van der Waals surface area contributed by atoms with E-state index in [9.17, 15) is 19.5 Å². The lowest BCUT2D eigenvalue weighted by atomic mass is 9.70. The smallest absolute Gasteiger partial charge is 0.323 e. The molecule has 1 heterocycles. The second-order valence-electron chi connectivity index (χ2n) is 9.41. The minimum absolute atomic E-state index is 0.0497. The lowest BCUT2D eigenvalue weighted by Crippen LogP contribution is -2.41. The van der Waals surface area contributed by atoms with Crippen LogP contribution in [0.3, 0.4) is 0 Å². The molecule has 2 aliphatic carbocycles. The number of hydrogen-bond donors (Lipinski definition) is 1. The number of carboxylic acids is 1. The van der Waals surface area contributed by atoms with Crippen LogP contribution in [0.2, 0.25) is 5.02 Å². The average Bonchev–Trinajstić information content (AvgIpc) is 2.85. The van der Waals surface area contributed by atoms with Gasteiger partial charge in [0.25, 0.3) is 0 Å². The monoisotopic (exact) mass is 647 g/mol. The van der Waals surface area contributed by atoms with Crippen LogP contribution in [-0.2, 0) is 21.0 Å². The fraction of sp³-hybridized carbons (Fsp3) is 0.321. The van der Waals surface area contributed by atoms with Gasteiger partial charge in [-0.1, -0.05) is 39.7 Å². The summed E-state index contributed by atoms with van der Waals surface area (Å²) in [5.41, 5.74) is 4.10. The van der Waals surface area contributed by atoms with Crippen molar-refractivity contribution in [3.8, 4) is 5.75 Å². The number of aliphatic carboxylic acids is 1. The Morgan fingerprint density at radius 1 is 0.973 bits per heavy atom. The van der Waals surface area contributed by atoms with Crippen molar-refractivity contribution in [3.63, 3.8) is 0 Å². The van der Waals surface area contributed by atoms with E-state index in [1.54, 1.807) is 17.0 Å². The zero-order valence-electron chi connectivity index (χ0n) is 19.9. The topological polar surface area (TPSA) is 83.9 Å². The molecule has 6 nitrogen and oxygen atoms in total. The van der Waals surface area contributed by atoms with Crippen LogP contribution in [0.4, 0.5) is 0 Å². The third-order valence-electron chi connectivity index (χ3n) is 7.02. The average molecular weight is 650 g/mol. The number of carboxylic acid groups (broad SMARTS) is 1. The first-order valence-corrected chi connectivity index (χ1v) is 14.1. The van der Waals surface area contributed by atoms with Crippen molar-refractivity contribution >= 4 is 61.0 Å². The third kappa shape index (κ3) is 5.16. The maximum Gasteiger partial charge on any atom is 0.323 e. The van der Waals surface area contributed by atoms with E-state index >= 15 is 0 Å². The van der Waals surface area contributed by atoms with Crippen molar-refractivity contribution in [1.82, 2.24) is 4.90 Å². The largest absolute Gasteiger partial charge is 0.487 e. The molecule has 0 amide bonds. The van der Waals surface area contributed by atoms with E-state index in [1.165, 1.54) is 0 Å². The third-order valence-corrected chi connectivity index (χ3v) is 8.32. The van der Waals surface area contributed by atoms with Crippen LogP contribution in [0.1, 0.15) is 55.6 Å². The highest BCUT2D eigenvalue weighted by atomic mass is 79.9. The van der Waals surface area contributed by atoms with Crippen molar-refractivity contribution in [2.45, 2.75) is 51.0 Å². The number of benzene rings is 2. The molecule has 1 N–H and O–H groups in total. The fourth-order valence-corrected chi connectivity index (χ4v) is 7.04. The van der Waals surface area contributed by atoms with Gasteiger partial charge in [-0.2, -0.15) is 0 Å². The molecule has 192 valence electrons. The second kappa shape index (κ2) is 10.8. The molecule has 37 heavy (non-hydrogen) atoms. The van der Waals surface area contributed by atoms with Crippen LogP contribution in [0.25, 0.3) is 0 Å². The Morgan fingerprint density at radius 2 is 1.57 bits per heavy atom. The molecule has 0 spiro atoms. The van der Waals surface area contributed by atoms with Crippen LogP contribution >= 0.6 is 43.5 Å². The normalized spacial score (nSPS) is 18.2. The number of nitrogens with zero attached hydrogens (tertiary/aromatic N) is 1. The molecule has 1 aliphatic heterocycles. The minimum atomic E-state index is -0.995. The number of hydrogen-bond acceptors (Lipinski definition) is 5. The fourth-order valence-electron chi connectivity index (χ4n) is 5.54. The number of ether oxygens (including phenoxy) is 1. The number of carbonyl (C=O) groups is 3. The summed E-state index contributed by atoms with van der Waals surface area (Å²) in [7, 11) is 0. The summed E-state index contributed by atoms with van der Waals surface area (Å²) in [6.45, 7) is -0.00495. The van der Waals surface area contributed by atoms with Crippen molar-refractivity contribution in [1.29, 1.82) is 0 Å². The van der Waals surface area contributed by atoms with Gasteiger partial charge in [-0.15, -0.1) is 0 Å². The van der Waals surface area contributed by atoms with Crippen molar-refractivity contribution in [2.75, 3.05) is 6.54 Å². The van der Waals surface area contributed by atoms with Gasteiger partial charge in [0.1, 0.15) is 18.9 Å². The summed E-state index contributed by atoms with van der Waals surface area (Å²) in [6.07, 6.45) is 3.21. The molecule has 0 fully saturated rings. The van der Waals surface area contributed by atoms with Crippen LogP contribution in [-0.4, -0.2) is 34.1 Å². The Labute approximate surface area is 236 Å². The van der Waals surface area contributed by atoms with Crippen LogP contribution < -0.4 is 4.74 Å². The van der Waals surface area contributed by atoms with Gasteiger partial charge in [-0.05, 0) is 71.4 Å². The molecule has 0 aromatic heterocycles. The summed E-state index contributed by atoms with van der Waals surface area (Å²) < 4.78 is 7.80. The number of Topliss-reactive ketones (excluding diaryl/α,β-unsaturated/α-hetero) is 2. The number of allylic oxidation sites excluding steroid dienone is 4. The lowest BCUT2D eigenvalue weighted by Gasteiger charge is -2.43. The van der Waals surface area contributed by atoms with Gasteiger partial charge in [0.05, 0.1) is 4.47 Å². The summed E-state index contributed by atoms with van der Waals surface area (Å²) >= 11 is 13.2. The van der Waals surface area contributed by atoms with Crippen LogP contribution in [0.5, 0.6) is 5.75 Å². The van der Waals surface area contributed by atoms with Gasteiger partial charge in [0.2, 0.25) is 0 Å². The summed E-state index contributed by atoms with van der Waals surface area (Å²) in [5, 5.41) is 10.3. The Balaban J connectivity index is 1.68. The summed E-state index contributed by atoms with van der Waals surface area (Å²) in [5.74, 6) is -1.17. The molecule has 0 bridgehead atoms. The maximum atomic E-state index is 13.5.